The van der Waals surface area contributed by atoms with E-state index in [-0.39, 0.29) is 45.9 Å². The van der Waals surface area contributed by atoms with Crippen LogP contribution < -0.4 is 30.7 Å². The number of anilines is 4. The van der Waals surface area contributed by atoms with Gasteiger partial charge in [-0.3, -0.25) is 29.3 Å². The number of nitrogens with zero attached hydrogens (tertiary/aromatic N) is 3. The lowest BCUT2D eigenvalue weighted by atomic mass is 9.88. The van der Waals surface area contributed by atoms with Crippen LogP contribution in [-0.2, 0) is 9.59 Å². The van der Waals surface area contributed by atoms with Crippen LogP contribution in [0.5, 0.6) is 11.5 Å². The molecule has 352 valence electrons. The molecule has 15 nitrogen and oxygen atoms in total. The lowest BCUT2D eigenvalue weighted by molar-refractivity contribution is -0.384. The first-order chi connectivity index (χ1) is 35.6. The molecule has 1 aliphatic heterocycles. The van der Waals surface area contributed by atoms with Gasteiger partial charge in [0.05, 0.1) is 16.1 Å². The monoisotopic (exact) mass is 959 g/mol. The van der Waals surface area contributed by atoms with Crippen molar-refractivity contribution in [2.75, 3.05) is 34.5 Å². The number of rotatable bonds is 1. The summed E-state index contributed by atoms with van der Waals surface area (Å²) < 4.78 is 13.3. The van der Waals surface area contributed by atoms with Gasteiger partial charge in [0.15, 0.2) is 13.2 Å². The molecule has 7 aromatic carbocycles. The second kappa shape index (κ2) is 20.5. The molecule has 9 aromatic rings. The van der Waals surface area contributed by atoms with Gasteiger partial charge in [-0.1, -0.05) is 121 Å². The highest BCUT2D eigenvalue weighted by Gasteiger charge is 2.26. The number of nitrogens with one attached hydrogen (secondary N) is 4. The van der Waals surface area contributed by atoms with Crippen LogP contribution in [-0.4, -0.2) is 51.7 Å². The van der Waals surface area contributed by atoms with E-state index >= 15 is 0 Å². The number of fused-ring (bicyclic) bond motifs is 13. The third kappa shape index (κ3) is 10.5. The predicted octanol–water partition coefficient (Wildman–Crippen LogP) is 10.0. The van der Waals surface area contributed by atoms with Crippen molar-refractivity contribution in [1.82, 2.24) is 9.97 Å². The standard InChI is InChI=1S/C58H37N7O8/c66-51-34-72-55-40(27-25-36-13-3-1-4-14-36)29-38-17-7-9-19-45(38)53(55)54-46-20-10-8-18-39(46)30-41(28-26-37-15-5-2-6-16-37)56(54)73-35-52(67)62-48-22-12-24-50(60-48)64-58(69)43-31-42(32-44(33-43)65(70)71)57(68)63-49-23-11-21-47(59-49)61-51/h1-24,29-33H,34-35H2,(H2,59,61,63,66,68)(H2,60,62,64,67,69). The van der Waals surface area contributed by atoms with Gasteiger partial charge >= 0.3 is 0 Å². The Kier molecular flexibility index (Phi) is 13.0. The van der Waals surface area contributed by atoms with Gasteiger partial charge in [-0.05, 0) is 88.3 Å². The van der Waals surface area contributed by atoms with Crippen molar-refractivity contribution in [2.45, 2.75) is 0 Å². The maximum absolute atomic E-state index is 14.0. The first kappa shape index (κ1) is 46.1. The topological polar surface area (TPSA) is 204 Å². The van der Waals surface area contributed by atoms with Gasteiger partial charge in [0, 0.05) is 45.5 Å². The van der Waals surface area contributed by atoms with Crippen LogP contribution >= 0.6 is 0 Å². The van der Waals surface area contributed by atoms with E-state index in [4.69, 9.17) is 9.47 Å². The number of benzene rings is 7. The Labute approximate surface area is 416 Å². The summed E-state index contributed by atoms with van der Waals surface area (Å²) in [6, 6.07) is 50.1. The number of amides is 4. The van der Waals surface area contributed by atoms with Crippen molar-refractivity contribution in [3.8, 4) is 46.3 Å². The van der Waals surface area contributed by atoms with Gasteiger partial charge in [0.2, 0.25) is 0 Å². The van der Waals surface area contributed by atoms with Gasteiger partial charge in [0.25, 0.3) is 29.3 Å². The van der Waals surface area contributed by atoms with Crippen LogP contribution in [0.1, 0.15) is 43.0 Å². The minimum atomic E-state index is -0.831. The quantitative estimate of drug-likeness (QED) is 0.0696. The molecule has 10 rings (SSSR count). The number of nitro benzene ring substituents is 1. The first-order valence-electron chi connectivity index (χ1n) is 22.6. The molecule has 15 heteroatoms. The van der Waals surface area contributed by atoms with E-state index in [1.54, 1.807) is 0 Å². The summed E-state index contributed by atoms with van der Waals surface area (Å²) in [6.07, 6.45) is 0. The van der Waals surface area contributed by atoms with E-state index < -0.39 is 47.5 Å². The Hall–Kier alpha value is -10.6. The summed E-state index contributed by atoms with van der Waals surface area (Å²) in [5, 5.41) is 25.6. The van der Waals surface area contributed by atoms with Gasteiger partial charge in [-0.15, -0.1) is 0 Å². The molecule has 73 heavy (non-hydrogen) atoms. The molecule has 1 aliphatic rings. The van der Waals surface area contributed by atoms with E-state index in [0.717, 1.165) is 34.0 Å². The third-order valence-corrected chi connectivity index (χ3v) is 11.3. The Morgan fingerprint density at radius 2 is 0.849 bits per heavy atom. The summed E-state index contributed by atoms with van der Waals surface area (Å²) in [5.41, 5.74) is 2.32. The van der Waals surface area contributed by atoms with E-state index in [1.807, 2.05) is 121 Å². The summed E-state index contributed by atoms with van der Waals surface area (Å²) in [6.45, 7) is -1.11. The summed E-state index contributed by atoms with van der Waals surface area (Å²) >= 11 is 0. The van der Waals surface area contributed by atoms with Crippen molar-refractivity contribution < 1.29 is 33.6 Å². The van der Waals surface area contributed by atoms with Crippen molar-refractivity contribution in [2.24, 2.45) is 0 Å². The van der Waals surface area contributed by atoms with Gasteiger partial charge in [-0.2, -0.15) is 0 Å². The van der Waals surface area contributed by atoms with Gasteiger partial charge in [0.1, 0.15) is 34.8 Å². The summed E-state index contributed by atoms with van der Waals surface area (Å²) in [5.74, 6) is 10.7. The molecular formula is C58H37N7O8. The van der Waals surface area contributed by atoms with Gasteiger partial charge < -0.3 is 30.7 Å². The number of aromatic nitrogens is 2. The molecule has 6 bridgehead atoms. The Bertz CT molecular complexity index is 3600. The highest BCUT2D eigenvalue weighted by molar-refractivity contribution is 6.12. The molecule has 0 unspecified atom stereocenters. The molecular weight excluding hydrogens is 923 g/mol. The average Bonchev–Trinajstić information content (AvgIpc) is 3.40. The highest BCUT2D eigenvalue weighted by atomic mass is 16.6. The molecule has 3 heterocycles. The summed E-state index contributed by atoms with van der Waals surface area (Å²) in [4.78, 5) is 75.4. The molecule has 0 atom stereocenters. The predicted molar refractivity (Wildman–Crippen MR) is 277 cm³/mol. The van der Waals surface area contributed by atoms with Crippen LogP contribution in [0.3, 0.4) is 0 Å². The van der Waals surface area contributed by atoms with E-state index in [0.29, 0.717) is 33.0 Å². The van der Waals surface area contributed by atoms with Crippen LogP contribution in [0.25, 0.3) is 32.7 Å². The van der Waals surface area contributed by atoms with Crippen molar-refractivity contribution in [3.63, 3.8) is 0 Å². The van der Waals surface area contributed by atoms with Crippen LogP contribution in [0.4, 0.5) is 29.0 Å². The fourth-order valence-corrected chi connectivity index (χ4v) is 8.10. The Morgan fingerprint density at radius 3 is 1.27 bits per heavy atom. The van der Waals surface area contributed by atoms with Crippen molar-refractivity contribution in [3.05, 3.63) is 219 Å². The number of carbonyl (C=O) groups is 4. The maximum Gasteiger partial charge on any atom is 0.271 e. The zero-order valence-corrected chi connectivity index (χ0v) is 38.3. The second-order valence-corrected chi connectivity index (χ2v) is 16.4. The number of pyridine rings is 2. The first-order valence-corrected chi connectivity index (χ1v) is 22.6. The van der Waals surface area contributed by atoms with E-state index in [2.05, 4.69) is 54.9 Å². The summed E-state index contributed by atoms with van der Waals surface area (Å²) in [7, 11) is 0. The molecule has 4 N–H and O–H groups in total. The molecule has 0 spiro atoms. The molecule has 0 aliphatic carbocycles. The smallest absolute Gasteiger partial charge is 0.271 e. The lowest BCUT2D eigenvalue weighted by Crippen LogP contribution is -2.22. The van der Waals surface area contributed by atoms with Crippen LogP contribution in [0.2, 0.25) is 0 Å². The number of ether oxygens (including phenoxy) is 2. The Balaban J connectivity index is 1.17. The normalized spacial score (nSPS) is 12.7. The second-order valence-electron chi connectivity index (χ2n) is 16.4. The number of nitro groups is 1. The zero-order valence-electron chi connectivity index (χ0n) is 38.3. The van der Waals surface area contributed by atoms with E-state index in [1.165, 1.54) is 42.5 Å². The molecule has 0 fully saturated rings. The number of hydrogen-bond donors (Lipinski definition) is 4. The van der Waals surface area contributed by atoms with Crippen LogP contribution in [0, 0.1) is 33.8 Å². The maximum atomic E-state index is 14.0. The molecule has 0 saturated carbocycles. The number of carbonyl (C=O) groups excluding carboxylic acids is 4. The third-order valence-electron chi connectivity index (χ3n) is 11.3. The minimum absolute atomic E-state index is 0.0141. The van der Waals surface area contributed by atoms with Crippen LogP contribution in [0.15, 0.2) is 176 Å². The molecule has 0 radical (unpaired) electrons. The average molecular weight is 960 g/mol. The highest BCUT2D eigenvalue weighted by Crippen LogP contribution is 2.48. The van der Waals surface area contributed by atoms with Crippen molar-refractivity contribution >= 4 is 74.1 Å². The Morgan fingerprint density at radius 1 is 0.452 bits per heavy atom. The SMILES string of the molecule is O=C1COc2c(C#Cc3ccccc3)cc3ccccc3c2-c2c(c(C#Cc3ccccc3)cc3ccccc23)OCC(=O)Nc2cccc(n2)NC(=O)c2cc(cc([N+](=O)[O-])c2)C(=O)Nc2cccc(n2)N1. The molecule has 0 saturated heterocycles. The van der Waals surface area contributed by atoms with Gasteiger partial charge in [-0.25, -0.2) is 9.97 Å². The number of hydrogen-bond acceptors (Lipinski definition) is 10. The molecule has 2 aromatic heterocycles. The lowest BCUT2D eigenvalue weighted by Gasteiger charge is -2.22. The largest absolute Gasteiger partial charge is 0.482 e. The van der Waals surface area contributed by atoms with E-state index in [9.17, 15) is 29.3 Å². The fraction of sp³-hybridized carbons (Fsp3) is 0.0345. The zero-order chi connectivity index (χ0) is 50.3. The van der Waals surface area contributed by atoms with Crippen molar-refractivity contribution in [1.29, 1.82) is 0 Å². The fourth-order valence-electron chi connectivity index (χ4n) is 8.10. The molecule has 4 amide bonds. The number of non-ortho nitro benzene ring substituents is 1. The minimum Gasteiger partial charge on any atom is -0.482 e.